The van der Waals surface area contributed by atoms with Crippen LogP contribution in [0.4, 0.5) is 5.95 Å². The first kappa shape index (κ1) is 27.1. The Bertz CT molecular complexity index is 1660. The van der Waals surface area contributed by atoms with E-state index in [0.717, 1.165) is 5.56 Å². The van der Waals surface area contributed by atoms with E-state index >= 15 is 0 Å². The summed E-state index contributed by atoms with van der Waals surface area (Å²) in [5, 5.41) is 11.9. The number of benzene rings is 3. The van der Waals surface area contributed by atoms with E-state index < -0.39 is 23.5 Å². The predicted molar refractivity (Wildman–Crippen MR) is 152 cm³/mol. The van der Waals surface area contributed by atoms with Crippen LogP contribution in [0.1, 0.15) is 36.6 Å². The molecular weight excluding hydrogens is 534 g/mol. The molecule has 4 aromatic rings. The molecule has 3 aromatic carbocycles. The number of aryl methyl sites for hydroxylation is 1. The van der Waals surface area contributed by atoms with E-state index in [1.165, 1.54) is 31.3 Å². The van der Waals surface area contributed by atoms with Crippen molar-refractivity contribution in [1.29, 1.82) is 0 Å². The molecule has 0 spiro atoms. The average Bonchev–Trinajstić information content (AvgIpc) is 3.45. The lowest BCUT2D eigenvalue weighted by atomic mass is 9.95. The lowest BCUT2D eigenvalue weighted by Crippen LogP contribution is -2.30. The highest BCUT2D eigenvalue weighted by molar-refractivity contribution is 6.51. The number of H-pyrrole nitrogens is 1. The minimum absolute atomic E-state index is 0.0390. The molecule has 0 saturated carbocycles. The summed E-state index contributed by atoms with van der Waals surface area (Å²) in [7, 11) is 2.84. The summed E-state index contributed by atoms with van der Waals surface area (Å²) >= 11 is 6.27. The Morgan fingerprint density at radius 2 is 1.73 bits per heavy atom. The summed E-state index contributed by atoms with van der Waals surface area (Å²) in [6.07, 6.45) is -0.0390. The maximum absolute atomic E-state index is 13.6. The number of Topliss-reactive ketones (excluding diaryl/α,β-unsaturated/α-hetero) is 1. The van der Waals surface area contributed by atoms with Crippen LogP contribution in [-0.2, 0) is 9.59 Å². The zero-order valence-corrected chi connectivity index (χ0v) is 23.4. The molecule has 0 aliphatic carbocycles. The number of hydrogen-bond acceptors (Lipinski definition) is 7. The fraction of sp³-hybridized carbons (Fsp3) is 0.233. The fourth-order valence-electron chi connectivity index (χ4n) is 4.78. The summed E-state index contributed by atoms with van der Waals surface area (Å²) in [5.41, 5.74) is 2.92. The van der Waals surface area contributed by atoms with Crippen LogP contribution < -0.4 is 19.1 Å². The van der Waals surface area contributed by atoms with Gasteiger partial charge in [-0.1, -0.05) is 29.8 Å². The van der Waals surface area contributed by atoms with Crippen LogP contribution >= 0.6 is 11.6 Å². The number of aromatic nitrogens is 2. The molecule has 1 saturated heterocycles. The second kappa shape index (κ2) is 10.6. The van der Waals surface area contributed by atoms with Crippen molar-refractivity contribution in [2.45, 2.75) is 32.9 Å². The van der Waals surface area contributed by atoms with Crippen LogP contribution in [0.2, 0.25) is 5.02 Å². The van der Waals surface area contributed by atoms with Gasteiger partial charge in [0.25, 0.3) is 5.78 Å². The first-order valence-corrected chi connectivity index (χ1v) is 13.0. The number of ether oxygens (including phenoxy) is 3. The molecule has 0 bridgehead atoms. The normalized spacial score (nSPS) is 16.7. The predicted octanol–water partition coefficient (Wildman–Crippen LogP) is 5.96. The van der Waals surface area contributed by atoms with Gasteiger partial charge in [-0.15, -0.1) is 0 Å². The molecule has 1 aliphatic rings. The lowest BCUT2D eigenvalue weighted by Gasteiger charge is -2.23. The van der Waals surface area contributed by atoms with Crippen molar-refractivity contribution in [3.8, 4) is 17.2 Å². The third kappa shape index (κ3) is 4.73. The number of anilines is 1. The molecule has 206 valence electrons. The van der Waals surface area contributed by atoms with E-state index in [-0.39, 0.29) is 39.7 Å². The Kier molecular flexibility index (Phi) is 7.16. The van der Waals surface area contributed by atoms with E-state index in [2.05, 4.69) is 9.97 Å². The van der Waals surface area contributed by atoms with Gasteiger partial charge in [0.15, 0.2) is 0 Å². The van der Waals surface area contributed by atoms with Gasteiger partial charge in [-0.2, -0.15) is 0 Å². The Labute approximate surface area is 235 Å². The minimum atomic E-state index is -1.01. The van der Waals surface area contributed by atoms with Gasteiger partial charge in [0.2, 0.25) is 5.95 Å². The maximum atomic E-state index is 13.6. The molecule has 1 fully saturated rings. The van der Waals surface area contributed by atoms with E-state index in [9.17, 15) is 14.7 Å². The van der Waals surface area contributed by atoms with Gasteiger partial charge >= 0.3 is 5.91 Å². The van der Waals surface area contributed by atoms with Crippen molar-refractivity contribution in [1.82, 2.24) is 9.97 Å². The molecule has 2 N–H and O–H groups in total. The van der Waals surface area contributed by atoms with Crippen molar-refractivity contribution >= 4 is 46.0 Å². The summed E-state index contributed by atoms with van der Waals surface area (Å²) < 4.78 is 16.5. The van der Waals surface area contributed by atoms with Crippen molar-refractivity contribution in [2.75, 3.05) is 19.1 Å². The second-order valence-corrected chi connectivity index (χ2v) is 10.1. The number of amides is 1. The minimum Gasteiger partial charge on any atom is -0.507 e. The van der Waals surface area contributed by atoms with Gasteiger partial charge in [0.1, 0.15) is 23.0 Å². The molecule has 1 amide bonds. The highest BCUT2D eigenvalue weighted by atomic mass is 35.5. The molecule has 10 heteroatoms. The Morgan fingerprint density at radius 3 is 2.38 bits per heavy atom. The second-order valence-electron chi connectivity index (χ2n) is 9.67. The Balaban J connectivity index is 1.73. The highest BCUT2D eigenvalue weighted by Gasteiger charge is 2.48. The number of aromatic amines is 1. The number of hydrogen-bond donors (Lipinski definition) is 2. The quantitative estimate of drug-likeness (QED) is 0.163. The van der Waals surface area contributed by atoms with Gasteiger partial charge in [-0.3, -0.25) is 14.5 Å². The summed E-state index contributed by atoms with van der Waals surface area (Å²) in [6, 6.07) is 14.6. The van der Waals surface area contributed by atoms with E-state index in [0.29, 0.717) is 22.3 Å². The maximum Gasteiger partial charge on any atom is 0.302 e. The van der Waals surface area contributed by atoms with Crippen LogP contribution in [0.15, 0.2) is 60.2 Å². The third-order valence-electron chi connectivity index (χ3n) is 6.59. The number of rotatable bonds is 7. The van der Waals surface area contributed by atoms with E-state index in [1.54, 1.807) is 24.3 Å². The number of ketones is 1. The average molecular weight is 562 g/mol. The number of aliphatic hydroxyl groups is 1. The molecule has 1 aliphatic heterocycles. The van der Waals surface area contributed by atoms with Crippen LogP contribution in [0.5, 0.6) is 17.2 Å². The summed E-state index contributed by atoms with van der Waals surface area (Å²) in [6.45, 7) is 5.78. The van der Waals surface area contributed by atoms with E-state index in [1.807, 2.05) is 39.0 Å². The number of aliphatic hydroxyl groups excluding tert-OH is 1. The van der Waals surface area contributed by atoms with Crippen molar-refractivity contribution in [3.63, 3.8) is 0 Å². The number of carbonyl (C=O) groups excluding carboxylic acids is 2. The van der Waals surface area contributed by atoms with Gasteiger partial charge in [-0.25, -0.2) is 4.98 Å². The first-order valence-electron chi connectivity index (χ1n) is 12.6. The molecule has 40 heavy (non-hydrogen) atoms. The van der Waals surface area contributed by atoms with Gasteiger partial charge in [0, 0.05) is 6.07 Å². The Morgan fingerprint density at radius 1 is 1.02 bits per heavy atom. The van der Waals surface area contributed by atoms with Crippen molar-refractivity contribution in [2.24, 2.45) is 0 Å². The van der Waals surface area contributed by atoms with Gasteiger partial charge in [-0.05, 0) is 62.2 Å². The van der Waals surface area contributed by atoms with Crippen molar-refractivity contribution < 1.29 is 28.9 Å². The zero-order chi connectivity index (χ0) is 28.7. The van der Waals surface area contributed by atoms with Crippen LogP contribution in [0.25, 0.3) is 16.8 Å². The molecule has 9 nitrogen and oxygen atoms in total. The largest absolute Gasteiger partial charge is 0.507 e. The smallest absolute Gasteiger partial charge is 0.302 e. The molecule has 1 unspecified atom stereocenters. The third-order valence-corrected chi connectivity index (χ3v) is 6.89. The number of halogens is 1. The van der Waals surface area contributed by atoms with Gasteiger partial charge in [0.05, 0.1) is 53.6 Å². The summed E-state index contributed by atoms with van der Waals surface area (Å²) in [5.74, 6) is -0.894. The molecule has 5 rings (SSSR count). The molecular formula is C30H28ClN3O6. The Hall–Kier alpha value is -4.50. The van der Waals surface area contributed by atoms with Gasteiger partial charge < -0.3 is 24.3 Å². The fourth-order valence-corrected chi connectivity index (χ4v) is 5.01. The summed E-state index contributed by atoms with van der Waals surface area (Å²) in [4.78, 5) is 36.2. The standard InChI is InChI=1S/C30H28ClN3O6/c1-15(2)40-18-9-7-17(8-10-18)26-25(27(35)19-13-24(39-5)20(31)14-23(19)38-4)28(36)29(37)34(26)30-32-21-11-6-16(3)12-22(21)33-30/h6-15,26,35H,1-5H3,(H,32,33)/b27-25+. The van der Waals surface area contributed by atoms with Crippen LogP contribution in [0.3, 0.4) is 0 Å². The molecule has 2 heterocycles. The number of carbonyl (C=O) groups is 2. The number of nitrogens with one attached hydrogen (secondary N) is 1. The lowest BCUT2D eigenvalue weighted by molar-refractivity contribution is -0.132. The number of fused-ring (bicyclic) bond motifs is 1. The molecule has 0 radical (unpaired) electrons. The number of imidazole rings is 1. The van der Waals surface area contributed by atoms with Crippen LogP contribution in [-0.4, -0.2) is 47.1 Å². The molecule has 1 atom stereocenters. The first-order chi connectivity index (χ1) is 19.1. The topological polar surface area (TPSA) is 114 Å². The number of methoxy groups -OCH3 is 2. The molecule has 1 aromatic heterocycles. The van der Waals surface area contributed by atoms with E-state index in [4.69, 9.17) is 25.8 Å². The highest BCUT2D eigenvalue weighted by Crippen LogP contribution is 2.44. The van der Waals surface area contributed by atoms with Crippen LogP contribution in [0, 0.1) is 6.92 Å². The SMILES string of the molecule is COc1cc(/C(O)=C2\C(=O)C(=O)N(c3nc4ccc(C)cc4[nH]3)C2c2ccc(OC(C)C)cc2)c(OC)cc1Cl. The monoisotopic (exact) mass is 561 g/mol. The van der Waals surface area contributed by atoms with Crippen molar-refractivity contribution in [3.05, 3.63) is 81.9 Å². The zero-order valence-electron chi connectivity index (χ0n) is 22.6. The number of nitrogens with zero attached hydrogens (tertiary/aromatic N) is 2.